The summed E-state index contributed by atoms with van der Waals surface area (Å²) in [4.78, 5) is 14.3. The summed E-state index contributed by atoms with van der Waals surface area (Å²) >= 11 is 11.6. The van der Waals surface area contributed by atoms with E-state index in [1.165, 1.54) is 23.1 Å². The van der Waals surface area contributed by atoms with E-state index in [9.17, 15) is 10.1 Å². The predicted molar refractivity (Wildman–Crippen MR) is 62.8 cm³/mol. The molecule has 6 nitrogen and oxygen atoms in total. The number of aryl methyl sites for hydroxylation is 1. The summed E-state index contributed by atoms with van der Waals surface area (Å²) in [5, 5.41) is 15.2. The number of rotatable bonds is 2. The average molecular weight is 273 g/mol. The number of aromatic nitrogens is 3. The Hall–Kier alpha value is -1.66. The second-order valence-corrected chi connectivity index (χ2v) is 4.06. The van der Waals surface area contributed by atoms with E-state index >= 15 is 0 Å². The molecule has 0 aliphatic carbocycles. The lowest BCUT2D eigenvalue weighted by atomic mass is 10.2. The molecule has 0 fully saturated rings. The van der Waals surface area contributed by atoms with Crippen molar-refractivity contribution in [2.75, 3.05) is 0 Å². The molecule has 0 saturated heterocycles. The van der Waals surface area contributed by atoms with Crippen LogP contribution in [0.15, 0.2) is 18.5 Å². The Bertz CT molecular complexity index is 597. The number of nitrogens with zero attached hydrogens (tertiary/aromatic N) is 4. The summed E-state index contributed by atoms with van der Waals surface area (Å²) in [6, 6.07) is 2.58. The highest BCUT2D eigenvalue weighted by Gasteiger charge is 2.19. The van der Waals surface area contributed by atoms with Gasteiger partial charge in [-0.2, -0.15) is 5.10 Å². The van der Waals surface area contributed by atoms with Gasteiger partial charge in [-0.3, -0.25) is 10.1 Å². The summed E-state index contributed by atoms with van der Waals surface area (Å²) in [5.41, 5.74) is 0.0503. The maximum Gasteiger partial charge on any atom is 0.296 e. The van der Waals surface area contributed by atoms with Crippen molar-refractivity contribution >= 4 is 28.9 Å². The fourth-order valence-electron chi connectivity index (χ4n) is 1.32. The monoisotopic (exact) mass is 272 g/mol. The van der Waals surface area contributed by atoms with Crippen molar-refractivity contribution in [3.8, 4) is 5.69 Å². The summed E-state index contributed by atoms with van der Waals surface area (Å²) in [6.45, 7) is 1.68. The minimum absolute atomic E-state index is 0.124. The van der Waals surface area contributed by atoms with E-state index in [4.69, 9.17) is 23.2 Å². The first-order chi connectivity index (χ1) is 7.99. The third-order valence-electron chi connectivity index (χ3n) is 2.07. The van der Waals surface area contributed by atoms with Crippen molar-refractivity contribution in [3.63, 3.8) is 0 Å². The van der Waals surface area contributed by atoms with Gasteiger partial charge >= 0.3 is 0 Å². The molecular weight excluding hydrogens is 267 g/mol. The van der Waals surface area contributed by atoms with Crippen molar-refractivity contribution in [2.45, 2.75) is 6.92 Å². The van der Waals surface area contributed by atoms with E-state index in [0.29, 0.717) is 5.82 Å². The van der Waals surface area contributed by atoms with Gasteiger partial charge in [0.05, 0.1) is 15.0 Å². The highest BCUT2D eigenvalue weighted by molar-refractivity contribution is 6.42. The zero-order chi connectivity index (χ0) is 12.6. The fourth-order valence-corrected chi connectivity index (χ4v) is 1.63. The Morgan fingerprint density at radius 2 is 2.00 bits per heavy atom. The van der Waals surface area contributed by atoms with Gasteiger partial charge in [0.25, 0.3) is 5.69 Å². The Labute approximate surface area is 106 Å². The summed E-state index contributed by atoms with van der Waals surface area (Å²) in [6.07, 6.45) is 1.38. The number of halogens is 2. The van der Waals surface area contributed by atoms with Crippen LogP contribution in [0.3, 0.4) is 0 Å². The molecule has 0 N–H and O–H groups in total. The SMILES string of the molecule is Cc1ncn(-c2cc(Cl)c(Cl)cc2[N+](=O)[O-])n1. The maximum absolute atomic E-state index is 10.9. The van der Waals surface area contributed by atoms with Gasteiger partial charge in [0.2, 0.25) is 0 Å². The third kappa shape index (κ3) is 2.22. The Balaban J connectivity index is 2.67. The summed E-state index contributed by atoms with van der Waals surface area (Å²) in [7, 11) is 0. The molecule has 1 aromatic heterocycles. The van der Waals surface area contributed by atoms with Gasteiger partial charge in [0.1, 0.15) is 17.8 Å². The Kier molecular flexibility index (Phi) is 2.99. The molecule has 1 heterocycles. The quantitative estimate of drug-likeness (QED) is 0.622. The summed E-state index contributed by atoms with van der Waals surface area (Å²) < 4.78 is 1.29. The van der Waals surface area contributed by atoms with Gasteiger partial charge in [-0.05, 0) is 13.0 Å². The van der Waals surface area contributed by atoms with E-state index in [0.717, 1.165) is 0 Å². The first-order valence-electron chi connectivity index (χ1n) is 4.51. The molecule has 8 heteroatoms. The molecule has 0 spiro atoms. The lowest BCUT2D eigenvalue weighted by Gasteiger charge is -2.04. The molecule has 2 rings (SSSR count). The molecule has 0 amide bonds. The summed E-state index contributed by atoms with van der Waals surface area (Å²) in [5.74, 6) is 0.505. The first-order valence-corrected chi connectivity index (χ1v) is 5.26. The number of nitro benzene ring substituents is 1. The lowest BCUT2D eigenvalue weighted by Crippen LogP contribution is -2.01. The smallest absolute Gasteiger partial charge is 0.258 e. The van der Waals surface area contributed by atoms with E-state index in [1.54, 1.807) is 6.92 Å². The van der Waals surface area contributed by atoms with Crippen LogP contribution in [0.2, 0.25) is 10.0 Å². The molecule has 17 heavy (non-hydrogen) atoms. The van der Waals surface area contributed by atoms with Crippen molar-refractivity contribution in [3.05, 3.63) is 44.4 Å². The van der Waals surface area contributed by atoms with E-state index < -0.39 is 4.92 Å². The van der Waals surface area contributed by atoms with Crippen molar-refractivity contribution in [1.82, 2.24) is 14.8 Å². The van der Waals surface area contributed by atoms with Crippen LogP contribution in [-0.4, -0.2) is 19.7 Å². The average Bonchev–Trinajstić information content (AvgIpc) is 2.68. The molecule has 1 aromatic carbocycles. The normalized spacial score (nSPS) is 10.5. The van der Waals surface area contributed by atoms with E-state index in [1.807, 2.05) is 0 Å². The minimum Gasteiger partial charge on any atom is -0.258 e. The molecular formula is C9H6Cl2N4O2. The minimum atomic E-state index is -0.547. The van der Waals surface area contributed by atoms with Gasteiger partial charge < -0.3 is 0 Å². The highest BCUT2D eigenvalue weighted by atomic mass is 35.5. The van der Waals surface area contributed by atoms with Gasteiger partial charge in [-0.25, -0.2) is 9.67 Å². The van der Waals surface area contributed by atoms with Gasteiger partial charge in [-0.1, -0.05) is 23.2 Å². The van der Waals surface area contributed by atoms with Crippen molar-refractivity contribution in [1.29, 1.82) is 0 Å². The zero-order valence-electron chi connectivity index (χ0n) is 8.59. The van der Waals surface area contributed by atoms with E-state index in [2.05, 4.69) is 10.1 Å². The van der Waals surface area contributed by atoms with Gasteiger partial charge in [0.15, 0.2) is 0 Å². The van der Waals surface area contributed by atoms with Crippen LogP contribution in [0.5, 0.6) is 0 Å². The first kappa shape index (κ1) is 11.8. The maximum atomic E-state index is 10.9. The molecule has 0 radical (unpaired) electrons. The highest BCUT2D eigenvalue weighted by Crippen LogP contribution is 2.32. The zero-order valence-corrected chi connectivity index (χ0v) is 10.1. The molecule has 0 unspecified atom stereocenters. The van der Waals surface area contributed by atoms with E-state index in [-0.39, 0.29) is 21.4 Å². The van der Waals surface area contributed by atoms with Crippen molar-refractivity contribution in [2.24, 2.45) is 0 Å². The van der Waals surface area contributed by atoms with Crippen LogP contribution < -0.4 is 0 Å². The molecule has 0 aliphatic rings. The third-order valence-corrected chi connectivity index (χ3v) is 2.79. The predicted octanol–water partition coefficient (Wildman–Crippen LogP) is 2.79. The second-order valence-electron chi connectivity index (χ2n) is 3.25. The van der Waals surface area contributed by atoms with Crippen LogP contribution in [0.25, 0.3) is 5.69 Å². The van der Waals surface area contributed by atoms with Crippen LogP contribution in [0.4, 0.5) is 5.69 Å². The lowest BCUT2D eigenvalue weighted by molar-refractivity contribution is -0.384. The van der Waals surface area contributed by atoms with Crippen molar-refractivity contribution < 1.29 is 4.92 Å². The molecule has 0 aliphatic heterocycles. The number of hydrogen-bond donors (Lipinski definition) is 0. The number of hydrogen-bond acceptors (Lipinski definition) is 4. The standard InChI is InChI=1S/C9H6Cl2N4O2/c1-5-12-4-14(13-5)8-2-6(10)7(11)3-9(8)15(16)17/h2-4H,1H3. The molecule has 88 valence electrons. The molecule has 0 saturated carbocycles. The Morgan fingerprint density at radius 3 is 2.53 bits per heavy atom. The largest absolute Gasteiger partial charge is 0.296 e. The molecule has 2 aromatic rings. The number of nitro groups is 1. The molecule has 0 bridgehead atoms. The Morgan fingerprint density at radius 1 is 1.35 bits per heavy atom. The van der Waals surface area contributed by atoms with Crippen LogP contribution in [0, 0.1) is 17.0 Å². The second kappa shape index (κ2) is 4.31. The van der Waals surface area contributed by atoms with Gasteiger partial charge in [-0.15, -0.1) is 0 Å². The fraction of sp³-hybridized carbons (Fsp3) is 0.111. The molecule has 0 atom stereocenters. The van der Waals surface area contributed by atoms with Crippen LogP contribution in [0.1, 0.15) is 5.82 Å². The van der Waals surface area contributed by atoms with Gasteiger partial charge in [0, 0.05) is 6.07 Å². The van der Waals surface area contributed by atoms with Crippen LogP contribution in [-0.2, 0) is 0 Å². The number of benzene rings is 1. The topological polar surface area (TPSA) is 73.8 Å². The van der Waals surface area contributed by atoms with Crippen LogP contribution >= 0.6 is 23.2 Å².